The molecule has 152 valence electrons. The summed E-state index contributed by atoms with van der Waals surface area (Å²) in [7, 11) is -1.48. The van der Waals surface area contributed by atoms with Crippen LogP contribution in [-0.2, 0) is 0 Å². The van der Waals surface area contributed by atoms with Gasteiger partial charge >= 0.3 is 0 Å². The minimum atomic E-state index is -1.48. The lowest BCUT2D eigenvalue weighted by Gasteiger charge is -2.61. The fraction of sp³-hybridized carbons (Fsp3) is 0.917. The highest BCUT2D eigenvalue weighted by molar-refractivity contribution is 6.83. The van der Waals surface area contributed by atoms with Gasteiger partial charge in [-0.2, -0.15) is 0 Å². The molecular weight excluding hydrogens is 348 g/mol. The Hall–Kier alpha value is -0.303. The van der Waals surface area contributed by atoms with Gasteiger partial charge in [0.15, 0.2) is 0 Å². The lowest BCUT2D eigenvalue weighted by molar-refractivity contribution is -0.144. The summed E-state index contributed by atoms with van der Waals surface area (Å²) in [6, 6.07) is 0. The van der Waals surface area contributed by atoms with E-state index in [1.807, 2.05) is 0 Å². The second kappa shape index (κ2) is 6.35. The van der Waals surface area contributed by atoms with E-state index in [1.54, 1.807) is 0 Å². The lowest BCUT2D eigenvalue weighted by atomic mass is 9.44. The highest BCUT2D eigenvalue weighted by atomic mass is 28.3. The zero-order chi connectivity index (χ0) is 19.7. The van der Waals surface area contributed by atoms with Crippen molar-refractivity contribution in [3.63, 3.8) is 0 Å². The molecule has 27 heavy (non-hydrogen) atoms. The molecule has 0 radical (unpaired) electrons. The second-order valence-electron chi connectivity index (χ2n) is 11.9. The number of hydrogen-bond acceptors (Lipinski definition) is 2. The smallest absolute Gasteiger partial charge is 0.130 e. The van der Waals surface area contributed by atoms with Gasteiger partial charge < -0.3 is 10.2 Å². The number of rotatable bonds is 0. The maximum atomic E-state index is 11.6. The number of aliphatic hydroxyl groups is 2. The molecule has 0 aromatic rings. The molecule has 4 fully saturated rings. The summed E-state index contributed by atoms with van der Waals surface area (Å²) in [5, 5.41) is 21.8. The molecule has 4 aliphatic carbocycles. The molecule has 4 saturated carbocycles. The Morgan fingerprint density at radius 3 is 2.30 bits per heavy atom. The molecule has 0 aromatic heterocycles. The van der Waals surface area contributed by atoms with Crippen LogP contribution in [0.5, 0.6) is 0 Å². The Bertz CT molecular complexity index is 658. The van der Waals surface area contributed by atoms with Crippen molar-refractivity contribution in [2.75, 3.05) is 0 Å². The molecule has 2 nitrogen and oxygen atoms in total. The fourth-order valence-corrected chi connectivity index (χ4v) is 8.33. The third kappa shape index (κ3) is 3.06. The Morgan fingerprint density at radius 2 is 1.59 bits per heavy atom. The van der Waals surface area contributed by atoms with Crippen molar-refractivity contribution in [2.24, 2.45) is 34.5 Å². The Balaban J connectivity index is 1.61. The van der Waals surface area contributed by atoms with Crippen LogP contribution in [0.15, 0.2) is 0 Å². The molecule has 0 heterocycles. The van der Waals surface area contributed by atoms with E-state index in [1.165, 1.54) is 25.7 Å². The lowest BCUT2D eigenvalue weighted by Crippen LogP contribution is -2.56. The van der Waals surface area contributed by atoms with Gasteiger partial charge in [-0.3, -0.25) is 0 Å². The van der Waals surface area contributed by atoms with E-state index in [2.05, 4.69) is 45.0 Å². The number of aliphatic hydroxyl groups excluding tert-OH is 1. The SMILES string of the molecule is C[C@]12CC[C@H](O)C[C@@H]1CC[C@@H]1[C@@H]2CC[C@@]2(C)[C@H]1CC[C@@]2(O)C#C[Si](C)(C)C. The van der Waals surface area contributed by atoms with E-state index in [-0.39, 0.29) is 11.5 Å². The van der Waals surface area contributed by atoms with E-state index in [4.69, 9.17) is 0 Å². The van der Waals surface area contributed by atoms with Gasteiger partial charge in [-0.25, -0.2) is 0 Å². The summed E-state index contributed by atoms with van der Waals surface area (Å²) >= 11 is 0. The van der Waals surface area contributed by atoms with Crippen LogP contribution in [0.4, 0.5) is 0 Å². The molecule has 0 unspecified atom stereocenters. The highest BCUT2D eigenvalue weighted by Gasteiger charge is 2.64. The predicted octanol–water partition coefficient (Wildman–Crippen LogP) is 5.00. The van der Waals surface area contributed by atoms with Crippen LogP contribution < -0.4 is 0 Å². The van der Waals surface area contributed by atoms with E-state index in [0.717, 1.165) is 43.9 Å². The maximum Gasteiger partial charge on any atom is 0.130 e. The molecule has 4 aliphatic rings. The maximum absolute atomic E-state index is 11.6. The van der Waals surface area contributed by atoms with E-state index < -0.39 is 13.7 Å². The van der Waals surface area contributed by atoms with Crippen molar-refractivity contribution >= 4 is 8.07 Å². The van der Waals surface area contributed by atoms with Crippen LogP contribution >= 0.6 is 0 Å². The highest BCUT2D eigenvalue weighted by Crippen LogP contribution is 2.68. The summed E-state index contributed by atoms with van der Waals surface area (Å²) in [4.78, 5) is 0. The van der Waals surface area contributed by atoms with E-state index in [9.17, 15) is 10.2 Å². The molecule has 0 bridgehead atoms. The molecule has 3 heteroatoms. The van der Waals surface area contributed by atoms with Crippen molar-refractivity contribution in [3.05, 3.63) is 0 Å². The van der Waals surface area contributed by atoms with Crippen LogP contribution in [-0.4, -0.2) is 30.0 Å². The third-order valence-electron chi connectivity index (χ3n) is 9.43. The van der Waals surface area contributed by atoms with Gasteiger partial charge in [0.1, 0.15) is 13.7 Å². The van der Waals surface area contributed by atoms with Gasteiger partial charge in [-0.05, 0) is 86.9 Å². The van der Waals surface area contributed by atoms with Gasteiger partial charge in [0.25, 0.3) is 0 Å². The summed E-state index contributed by atoms with van der Waals surface area (Å²) in [6.07, 6.45) is 10.1. The molecule has 0 amide bonds. The molecule has 0 aromatic carbocycles. The average Bonchev–Trinajstić information content (AvgIpc) is 2.85. The molecule has 0 aliphatic heterocycles. The van der Waals surface area contributed by atoms with Crippen molar-refractivity contribution in [1.29, 1.82) is 0 Å². The van der Waals surface area contributed by atoms with Gasteiger partial charge in [-0.15, -0.1) is 5.54 Å². The Morgan fingerprint density at radius 1 is 0.889 bits per heavy atom. The summed E-state index contributed by atoms with van der Waals surface area (Å²) in [5.41, 5.74) is 3.11. The van der Waals surface area contributed by atoms with Crippen LogP contribution in [0.3, 0.4) is 0 Å². The quantitative estimate of drug-likeness (QED) is 0.453. The van der Waals surface area contributed by atoms with E-state index >= 15 is 0 Å². The minimum Gasteiger partial charge on any atom is -0.393 e. The first kappa shape index (κ1) is 20.0. The Labute approximate surface area is 167 Å². The zero-order valence-electron chi connectivity index (χ0n) is 18.1. The first-order valence-electron chi connectivity index (χ1n) is 11.4. The summed E-state index contributed by atoms with van der Waals surface area (Å²) in [5.74, 6) is 6.31. The Kier molecular flexibility index (Phi) is 4.70. The van der Waals surface area contributed by atoms with Gasteiger partial charge in [0.2, 0.25) is 0 Å². The molecular formula is C24H40O2Si. The first-order chi connectivity index (χ1) is 12.5. The molecule has 0 saturated heterocycles. The second-order valence-corrected chi connectivity index (χ2v) is 16.7. The standard InChI is InChI=1S/C24H40O2Si/c1-22-11-8-18(25)16-17(22)6-7-19-20(22)9-12-23(2)21(19)10-13-24(23,26)14-15-27(3,4)5/h17-21,25-26H,6-13,16H2,1-5H3/t17-,18-,19+,20-,21-,22-,23-,24+/m0/s1. The van der Waals surface area contributed by atoms with Gasteiger partial charge in [0.05, 0.1) is 6.10 Å². The van der Waals surface area contributed by atoms with E-state index in [0.29, 0.717) is 17.3 Å². The van der Waals surface area contributed by atoms with Gasteiger partial charge in [-0.1, -0.05) is 39.4 Å². The predicted molar refractivity (Wildman–Crippen MR) is 114 cm³/mol. The fourth-order valence-electron chi connectivity index (χ4n) is 7.75. The number of fused-ring (bicyclic) bond motifs is 5. The van der Waals surface area contributed by atoms with Crippen molar-refractivity contribution in [1.82, 2.24) is 0 Å². The summed E-state index contributed by atoms with van der Waals surface area (Å²) in [6.45, 7) is 11.7. The molecule has 8 atom stereocenters. The minimum absolute atomic E-state index is 0.0296. The van der Waals surface area contributed by atoms with Crippen LogP contribution in [0.25, 0.3) is 0 Å². The topological polar surface area (TPSA) is 40.5 Å². The first-order valence-corrected chi connectivity index (χ1v) is 14.9. The normalized spacial score (nSPS) is 52.2. The molecule has 4 rings (SSSR count). The zero-order valence-corrected chi connectivity index (χ0v) is 19.1. The third-order valence-corrected chi connectivity index (χ3v) is 10.3. The van der Waals surface area contributed by atoms with Crippen LogP contribution in [0, 0.1) is 46.0 Å². The van der Waals surface area contributed by atoms with Gasteiger partial charge in [0, 0.05) is 5.41 Å². The van der Waals surface area contributed by atoms with Crippen LogP contribution in [0.2, 0.25) is 19.6 Å². The largest absolute Gasteiger partial charge is 0.393 e. The van der Waals surface area contributed by atoms with Crippen LogP contribution in [0.1, 0.15) is 71.6 Å². The molecule has 2 N–H and O–H groups in total. The van der Waals surface area contributed by atoms with Crippen molar-refractivity contribution < 1.29 is 10.2 Å². The molecule has 0 spiro atoms. The number of hydrogen-bond donors (Lipinski definition) is 2. The van der Waals surface area contributed by atoms with Crippen molar-refractivity contribution in [2.45, 2.75) is 103 Å². The monoisotopic (exact) mass is 388 g/mol. The van der Waals surface area contributed by atoms with Crippen molar-refractivity contribution in [3.8, 4) is 11.5 Å². The summed E-state index contributed by atoms with van der Waals surface area (Å²) < 4.78 is 0. The average molecular weight is 389 g/mol.